The zero-order valence-electron chi connectivity index (χ0n) is 12.0. The van der Waals surface area contributed by atoms with E-state index in [0.717, 1.165) is 36.9 Å². The van der Waals surface area contributed by atoms with Crippen LogP contribution in [-0.4, -0.2) is 23.9 Å². The van der Waals surface area contributed by atoms with Gasteiger partial charge in [-0.3, -0.25) is 9.59 Å². The Morgan fingerprint density at radius 3 is 2.86 bits per heavy atom. The number of rotatable bonds is 2. The molecule has 2 amide bonds. The van der Waals surface area contributed by atoms with Crippen LogP contribution in [0.15, 0.2) is 18.2 Å². The van der Waals surface area contributed by atoms with Gasteiger partial charge in [-0.05, 0) is 43.0 Å². The van der Waals surface area contributed by atoms with E-state index in [0.29, 0.717) is 18.4 Å². The number of hydrogen-bond acceptors (Lipinski definition) is 3. The number of hydrogen-bond donors (Lipinski definition) is 3. The number of carbonyl (C=O) groups is 2. The van der Waals surface area contributed by atoms with Crippen molar-refractivity contribution in [2.75, 3.05) is 5.32 Å². The van der Waals surface area contributed by atoms with Crippen LogP contribution in [0.25, 0.3) is 0 Å². The quantitative estimate of drug-likeness (QED) is 0.772. The van der Waals surface area contributed by atoms with Gasteiger partial charge in [-0.15, -0.1) is 0 Å². The molecule has 0 aromatic heterocycles. The van der Waals surface area contributed by atoms with Crippen LogP contribution in [0.5, 0.6) is 0 Å². The van der Waals surface area contributed by atoms with Gasteiger partial charge in [0.25, 0.3) is 5.91 Å². The molecular weight excluding hydrogens is 266 g/mol. The summed E-state index contributed by atoms with van der Waals surface area (Å²) < 4.78 is 0. The fraction of sp³-hybridized carbons (Fsp3) is 0.500. The first-order valence-electron chi connectivity index (χ1n) is 7.63. The lowest BCUT2D eigenvalue weighted by atomic mass is 9.90. The number of carbonyl (C=O) groups excluding carboxylic acids is 2. The van der Waals surface area contributed by atoms with Crippen molar-refractivity contribution in [1.29, 1.82) is 0 Å². The first-order chi connectivity index (χ1) is 10.1. The number of anilines is 1. The Bertz CT molecular complexity index is 571. The van der Waals surface area contributed by atoms with Crippen LogP contribution in [0, 0.1) is 0 Å². The summed E-state index contributed by atoms with van der Waals surface area (Å²) in [7, 11) is 0. The number of nitrogens with two attached hydrogens (primary N) is 1. The van der Waals surface area contributed by atoms with Crippen molar-refractivity contribution in [2.45, 2.75) is 50.6 Å². The molecule has 1 fully saturated rings. The molecule has 1 aromatic carbocycles. The van der Waals surface area contributed by atoms with E-state index < -0.39 is 0 Å². The third kappa shape index (κ3) is 3.08. The van der Waals surface area contributed by atoms with Gasteiger partial charge >= 0.3 is 0 Å². The minimum absolute atomic E-state index is 0.0351. The van der Waals surface area contributed by atoms with Crippen LogP contribution in [0.3, 0.4) is 0 Å². The molecule has 0 saturated heterocycles. The number of amides is 2. The highest BCUT2D eigenvalue weighted by Gasteiger charge is 2.24. The summed E-state index contributed by atoms with van der Waals surface area (Å²) in [6, 6.07) is 5.57. The molecule has 5 heteroatoms. The van der Waals surface area contributed by atoms with E-state index in [1.807, 2.05) is 12.1 Å². The van der Waals surface area contributed by atoms with Gasteiger partial charge in [-0.25, -0.2) is 0 Å². The topological polar surface area (TPSA) is 84.2 Å². The molecule has 3 rings (SSSR count). The van der Waals surface area contributed by atoms with Crippen LogP contribution >= 0.6 is 0 Å². The van der Waals surface area contributed by atoms with Crippen molar-refractivity contribution in [3.8, 4) is 0 Å². The molecule has 1 saturated carbocycles. The molecule has 0 radical (unpaired) electrons. The predicted molar refractivity (Wildman–Crippen MR) is 81.1 cm³/mol. The maximum absolute atomic E-state index is 12.4. The fourth-order valence-corrected chi connectivity index (χ4v) is 3.12. The van der Waals surface area contributed by atoms with E-state index in [1.165, 1.54) is 0 Å². The second-order valence-corrected chi connectivity index (χ2v) is 5.95. The number of fused-ring (bicyclic) bond motifs is 1. The van der Waals surface area contributed by atoms with E-state index in [2.05, 4.69) is 10.6 Å². The molecule has 2 unspecified atom stereocenters. The second-order valence-electron chi connectivity index (χ2n) is 5.95. The molecule has 2 aliphatic rings. The third-order valence-corrected chi connectivity index (χ3v) is 4.40. The van der Waals surface area contributed by atoms with Crippen molar-refractivity contribution in [2.24, 2.45) is 5.73 Å². The van der Waals surface area contributed by atoms with Crippen LogP contribution in [0.1, 0.15) is 48.0 Å². The van der Waals surface area contributed by atoms with Crippen LogP contribution in [-0.2, 0) is 11.2 Å². The van der Waals surface area contributed by atoms with Gasteiger partial charge in [0.1, 0.15) is 0 Å². The molecule has 1 heterocycles. The Morgan fingerprint density at radius 1 is 1.24 bits per heavy atom. The van der Waals surface area contributed by atoms with Gasteiger partial charge in [0, 0.05) is 29.8 Å². The van der Waals surface area contributed by atoms with E-state index in [9.17, 15) is 9.59 Å². The third-order valence-electron chi connectivity index (χ3n) is 4.40. The van der Waals surface area contributed by atoms with E-state index in [-0.39, 0.29) is 23.9 Å². The number of nitrogens with one attached hydrogen (secondary N) is 2. The summed E-state index contributed by atoms with van der Waals surface area (Å²) in [4.78, 5) is 23.7. The minimum Gasteiger partial charge on any atom is -0.348 e. The molecule has 5 nitrogen and oxygen atoms in total. The molecule has 0 spiro atoms. The van der Waals surface area contributed by atoms with E-state index >= 15 is 0 Å². The zero-order chi connectivity index (χ0) is 14.8. The van der Waals surface area contributed by atoms with Crippen molar-refractivity contribution < 1.29 is 9.59 Å². The largest absolute Gasteiger partial charge is 0.348 e. The molecule has 0 bridgehead atoms. The Kier molecular flexibility index (Phi) is 3.92. The lowest BCUT2D eigenvalue weighted by Crippen LogP contribution is -2.49. The zero-order valence-corrected chi connectivity index (χ0v) is 12.0. The summed E-state index contributed by atoms with van der Waals surface area (Å²) in [5, 5.41) is 5.87. The molecule has 1 aliphatic carbocycles. The Morgan fingerprint density at radius 2 is 2.05 bits per heavy atom. The summed E-state index contributed by atoms with van der Waals surface area (Å²) in [6.07, 6.45) is 5.35. The lowest BCUT2D eigenvalue weighted by molar-refractivity contribution is -0.116. The van der Waals surface area contributed by atoms with E-state index in [4.69, 9.17) is 5.73 Å². The smallest absolute Gasteiger partial charge is 0.251 e. The summed E-state index contributed by atoms with van der Waals surface area (Å²) >= 11 is 0. The highest BCUT2D eigenvalue weighted by atomic mass is 16.2. The molecule has 4 N–H and O–H groups in total. The summed E-state index contributed by atoms with van der Waals surface area (Å²) in [5.41, 5.74) is 8.55. The second kappa shape index (κ2) is 5.85. The minimum atomic E-state index is -0.0722. The highest BCUT2D eigenvalue weighted by molar-refractivity contribution is 5.98. The first kappa shape index (κ1) is 14.1. The molecule has 21 heavy (non-hydrogen) atoms. The molecule has 1 aromatic rings. The van der Waals surface area contributed by atoms with Crippen molar-refractivity contribution in [3.05, 3.63) is 29.3 Å². The van der Waals surface area contributed by atoms with Crippen molar-refractivity contribution in [1.82, 2.24) is 5.32 Å². The predicted octanol–water partition coefficient (Wildman–Crippen LogP) is 1.57. The summed E-state index contributed by atoms with van der Waals surface area (Å²) in [6.45, 7) is 0. The van der Waals surface area contributed by atoms with Gasteiger partial charge in [0.05, 0.1) is 0 Å². The Hall–Kier alpha value is -1.88. The van der Waals surface area contributed by atoms with Crippen LogP contribution < -0.4 is 16.4 Å². The SMILES string of the molecule is NC1CCCCC1NC(=O)c1ccc2c(c1)CCC(=O)N2. The standard InChI is InChI=1S/C16H21N3O2/c17-12-3-1-2-4-14(12)19-16(21)11-5-7-13-10(9-11)6-8-15(20)18-13/h5,7,9,12,14H,1-4,6,8,17H2,(H,18,20)(H,19,21). The maximum Gasteiger partial charge on any atom is 0.251 e. The monoisotopic (exact) mass is 287 g/mol. The van der Waals surface area contributed by atoms with Crippen LogP contribution in [0.2, 0.25) is 0 Å². The lowest BCUT2D eigenvalue weighted by Gasteiger charge is -2.29. The van der Waals surface area contributed by atoms with Gasteiger partial charge in [0.2, 0.25) is 5.91 Å². The average Bonchev–Trinajstić information content (AvgIpc) is 2.49. The van der Waals surface area contributed by atoms with Gasteiger partial charge in [-0.2, -0.15) is 0 Å². The normalized spacial score (nSPS) is 24.9. The van der Waals surface area contributed by atoms with Crippen molar-refractivity contribution in [3.63, 3.8) is 0 Å². The Labute approximate surface area is 124 Å². The number of aryl methyl sites for hydroxylation is 1. The van der Waals surface area contributed by atoms with Gasteiger partial charge in [0.15, 0.2) is 0 Å². The van der Waals surface area contributed by atoms with E-state index in [1.54, 1.807) is 6.07 Å². The first-order valence-corrected chi connectivity index (χ1v) is 7.63. The number of benzene rings is 1. The maximum atomic E-state index is 12.4. The van der Waals surface area contributed by atoms with Gasteiger partial charge in [-0.1, -0.05) is 12.8 Å². The highest BCUT2D eigenvalue weighted by Crippen LogP contribution is 2.24. The van der Waals surface area contributed by atoms with Crippen molar-refractivity contribution >= 4 is 17.5 Å². The molecular formula is C16H21N3O2. The van der Waals surface area contributed by atoms with Gasteiger partial charge < -0.3 is 16.4 Å². The molecule has 1 aliphatic heterocycles. The fourth-order valence-electron chi connectivity index (χ4n) is 3.12. The molecule has 2 atom stereocenters. The summed E-state index contributed by atoms with van der Waals surface area (Å²) in [5.74, 6) is -0.0371. The molecule has 112 valence electrons. The van der Waals surface area contributed by atoms with Crippen LogP contribution in [0.4, 0.5) is 5.69 Å². The Balaban J connectivity index is 1.71. The average molecular weight is 287 g/mol.